The molecular formula is C13H12N4O6S2. The van der Waals surface area contributed by atoms with Crippen LogP contribution in [-0.4, -0.2) is 49.7 Å². The fourth-order valence-electron chi connectivity index (χ4n) is 1.96. The van der Waals surface area contributed by atoms with E-state index in [0.29, 0.717) is 11.1 Å². The molecule has 0 unspecified atom stereocenters. The molecule has 25 heavy (non-hydrogen) atoms. The first kappa shape index (κ1) is 17.2. The lowest BCUT2D eigenvalue weighted by Gasteiger charge is -2.03. The highest BCUT2D eigenvalue weighted by atomic mass is 32.2. The first-order valence-electron chi connectivity index (χ1n) is 6.74. The lowest BCUT2D eigenvalue weighted by atomic mass is 10.0. The summed E-state index contributed by atoms with van der Waals surface area (Å²) in [7, 11) is -7.33. The highest BCUT2D eigenvalue weighted by Crippen LogP contribution is 2.32. The van der Waals surface area contributed by atoms with Crippen molar-refractivity contribution < 1.29 is 25.7 Å². The molecule has 0 amide bonds. The highest BCUT2D eigenvalue weighted by molar-refractivity contribution is 7.90. The van der Waals surface area contributed by atoms with Crippen LogP contribution in [0.2, 0.25) is 0 Å². The highest BCUT2D eigenvalue weighted by Gasteiger charge is 2.23. The van der Waals surface area contributed by atoms with Gasteiger partial charge in [-0.05, 0) is 19.1 Å². The van der Waals surface area contributed by atoms with Crippen molar-refractivity contribution in [2.75, 3.05) is 12.5 Å². The van der Waals surface area contributed by atoms with E-state index in [4.69, 9.17) is 8.83 Å². The third-order valence-corrected chi connectivity index (χ3v) is 4.68. The van der Waals surface area contributed by atoms with Gasteiger partial charge in [-0.15, -0.1) is 10.2 Å². The van der Waals surface area contributed by atoms with Crippen LogP contribution in [-0.2, 0) is 19.7 Å². The van der Waals surface area contributed by atoms with Gasteiger partial charge in [0.2, 0.25) is 31.5 Å². The quantitative estimate of drug-likeness (QED) is 0.635. The van der Waals surface area contributed by atoms with Gasteiger partial charge in [-0.2, -0.15) is 0 Å². The van der Waals surface area contributed by atoms with Crippen molar-refractivity contribution in [3.05, 3.63) is 23.8 Å². The largest absolute Gasteiger partial charge is 0.408 e. The number of sulfone groups is 2. The van der Waals surface area contributed by atoms with E-state index in [9.17, 15) is 16.8 Å². The number of hydrogen-bond acceptors (Lipinski definition) is 10. The molecule has 0 spiro atoms. The predicted octanol–water partition coefficient (Wildman–Crippen LogP) is 0.902. The summed E-state index contributed by atoms with van der Waals surface area (Å²) in [5.74, 6) is -0.146. The minimum absolute atomic E-state index is 0.0711. The number of aryl methyl sites for hydroxylation is 1. The molecule has 2 aromatic heterocycles. The van der Waals surface area contributed by atoms with Crippen LogP contribution < -0.4 is 0 Å². The Morgan fingerprint density at radius 2 is 1.24 bits per heavy atom. The molecule has 10 nitrogen and oxygen atoms in total. The topological polar surface area (TPSA) is 146 Å². The Morgan fingerprint density at radius 1 is 0.760 bits per heavy atom. The third-order valence-electron chi connectivity index (χ3n) is 3.08. The van der Waals surface area contributed by atoms with Gasteiger partial charge in [-0.1, -0.05) is 21.8 Å². The second kappa shape index (κ2) is 5.74. The molecule has 1 aromatic carbocycles. The van der Waals surface area contributed by atoms with Gasteiger partial charge in [0.05, 0.1) is 11.1 Å². The number of hydrogen-bond donors (Lipinski definition) is 0. The number of aromatic nitrogens is 4. The zero-order valence-corrected chi connectivity index (χ0v) is 14.9. The van der Waals surface area contributed by atoms with Crippen molar-refractivity contribution >= 4 is 19.7 Å². The first-order chi connectivity index (χ1) is 11.6. The number of nitrogens with zero attached hydrogens (tertiary/aromatic N) is 4. The van der Waals surface area contributed by atoms with E-state index in [-0.39, 0.29) is 11.8 Å². The summed E-state index contributed by atoms with van der Waals surface area (Å²) in [6, 6.07) is 4.99. The average molecular weight is 384 g/mol. The van der Waals surface area contributed by atoms with E-state index in [1.807, 2.05) is 0 Å². The first-order valence-corrected chi connectivity index (χ1v) is 10.5. The maximum absolute atomic E-state index is 11.5. The summed E-state index contributed by atoms with van der Waals surface area (Å²) in [4.78, 5) is 0. The van der Waals surface area contributed by atoms with E-state index in [1.54, 1.807) is 25.1 Å². The van der Waals surface area contributed by atoms with Gasteiger partial charge in [0.15, 0.2) is 0 Å². The molecule has 0 aliphatic rings. The monoisotopic (exact) mass is 384 g/mol. The Kier molecular flexibility index (Phi) is 3.95. The Balaban J connectivity index is 2.17. The van der Waals surface area contributed by atoms with Crippen molar-refractivity contribution in [2.45, 2.75) is 17.4 Å². The summed E-state index contributed by atoms with van der Waals surface area (Å²) >= 11 is 0. The van der Waals surface area contributed by atoms with Crippen molar-refractivity contribution in [1.82, 2.24) is 20.4 Å². The predicted molar refractivity (Wildman–Crippen MR) is 84.0 cm³/mol. The molecule has 132 valence electrons. The molecule has 0 bridgehead atoms. The molecular weight excluding hydrogens is 372 g/mol. The van der Waals surface area contributed by atoms with Crippen LogP contribution in [0.3, 0.4) is 0 Å². The Labute approximate surface area is 142 Å². The summed E-state index contributed by atoms with van der Waals surface area (Å²) in [5, 5.41) is 13.4. The normalized spacial score (nSPS) is 12.4. The van der Waals surface area contributed by atoms with Gasteiger partial charge < -0.3 is 8.83 Å². The SMILES string of the molecule is Cc1ccc(-c2nnc(S(C)(=O)=O)o2)c(-c2nnc(S(C)(=O)=O)o2)c1. The molecule has 2 heterocycles. The van der Waals surface area contributed by atoms with E-state index in [2.05, 4.69) is 20.4 Å². The maximum atomic E-state index is 11.5. The molecule has 0 fully saturated rings. The van der Waals surface area contributed by atoms with E-state index in [0.717, 1.165) is 18.1 Å². The third kappa shape index (κ3) is 3.44. The smallest absolute Gasteiger partial charge is 0.335 e. The van der Waals surface area contributed by atoms with Crippen molar-refractivity contribution in [2.24, 2.45) is 0 Å². The molecule has 12 heteroatoms. The van der Waals surface area contributed by atoms with Crippen molar-refractivity contribution in [3.63, 3.8) is 0 Å². The van der Waals surface area contributed by atoms with E-state index >= 15 is 0 Å². The molecule has 0 aliphatic carbocycles. The summed E-state index contributed by atoms with van der Waals surface area (Å²) < 4.78 is 56.4. The summed E-state index contributed by atoms with van der Waals surface area (Å²) in [6.45, 7) is 1.80. The van der Waals surface area contributed by atoms with Gasteiger partial charge >= 0.3 is 10.4 Å². The van der Waals surface area contributed by atoms with Gasteiger partial charge in [-0.3, -0.25) is 0 Å². The Bertz CT molecular complexity index is 1160. The fraction of sp³-hybridized carbons (Fsp3) is 0.231. The van der Waals surface area contributed by atoms with Crippen LogP contribution >= 0.6 is 0 Å². The van der Waals surface area contributed by atoms with Crippen molar-refractivity contribution in [1.29, 1.82) is 0 Å². The molecule has 3 rings (SSSR count). The molecule has 0 radical (unpaired) electrons. The molecule has 3 aromatic rings. The zero-order valence-electron chi connectivity index (χ0n) is 13.3. The van der Waals surface area contributed by atoms with Crippen LogP contribution in [0.1, 0.15) is 5.56 Å². The molecule has 0 atom stereocenters. The van der Waals surface area contributed by atoms with Crippen LogP contribution in [0.15, 0.2) is 37.5 Å². The van der Waals surface area contributed by atoms with Crippen LogP contribution in [0, 0.1) is 6.92 Å². The molecule has 0 saturated heterocycles. The Morgan fingerprint density at radius 3 is 1.68 bits per heavy atom. The maximum Gasteiger partial charge on any atom is 0.335 e. The molecule has 0 aliphatic heterocycles. The lowest BCUT2D eigenvalue weighted by Crippen LogP contribution is -1.96. The zero-order chi connectivity index (χ0) is 18.4. The average Bonchev–Trinajstić information content (AvgIpc) is 3.15. The van der Waals surface area contributed by atoms with E-state index in [1.165, 1.54) is 0 Å². The molecule has 0 N–H and O–H groups in total. The minimum Gasteiger partial charge on any atom is -0.408 e. The number of rotatable bonds is 4. The van der Waals surface area contributed by atoms with Crippen LogP contribution in [0.5, 0.6) is 0 Å². The lowest BCUT2D eigenvalue weighted by molar-refractivity contribution is 0.438. The van der Waals surface area contributed by atoms with Crippen molar-refractivity contribution in [3.8, 4) is 22.9 Å². The number of benzene rings is 1. The van der Waals surface area contributed by atoms with E-state index < -0.39 is 30.1 Å². The van der Waals surface area contributed by atoms with Gasteiger partial charge in [0, 0.05) is 12.5 Å². The Hall–Kier alpha value is -2.60. The van der Waals surface area contributed by atoms with Gasteiger partial charge in [0.25, 0.3) is 0 Å². The van der Waals surface area contributed by atoms with Gasteiger partial charge in [-0.25, -0.2) is 16.8 Å². The van der Waals surface area contributed by atoms with Crippen LogP contribution in [0.4, 0.5) is 0 Å². The minimum atomic E-state index is -3.66. The fourth-order valence-corrected chi connectivity index (χ4v) is 2.80. The second-order valence-electron chi connectivity index (χ2n) is 5.34. The standard InChI is InChI=1S/C13H12N4O6S2/c1-7-4-5-8(10-14-16-12(22-10)24(2,18)19)9(6-7)11-15-17-13(23-11)25(3,20)21/h4-6H,1-3H3. The summed E-state index contributed by atoms with van der Waals surface area (Å²) in [5.41, 5.74) is 1.49. The second-order valence-corrected chi connectivity index (χ2v) is 9.13. The van der Waals surface area contributed by atoms with Crippen LogP contribution in [0.25, 0.3) is 22.9 Å². The van der Waals surface area contributed by atoms with Gasteiger partial charge in [0.1, 0.15) is 0 Å². The molecule has 0 saturated carbocycles. The summed E-state index contributed by atoms with van der Waals surface area (Å²) in [6.07, 6.45) is 1.88.